The van der Waals surface area contributed by atoms with Gasteiger partial charge in [0, 0.05) is 42.7 Å². The maximum atomic E-state index is 13.9. The van der Waals surface area contributed by atoms with Gasteiger partial charge < -0.3 is 19.8 Å². The van der Waals surface area contributed by atoms with Crippen LogP contribution in [0.5, 0.6) is 0 Å². The second kappa shape index (κ2) is 12.7. The molecule has 1 spiro atoms. The molecule has 1 aromatic heterocycles. The van der Waals surface area contributed by atoms with Crippen molar-refractivity contribution in [1.29, 1.82) is 0 Å². The van der Waals surface area contributed by atoms with Crippen molar-refractivity contribution in [3.63, 3.8) is 0 Å². The molecule has 42 heavy (non-hydrogen) atoms. The molecule has 2 N–H and O–H groups in total. The molecule has 1 atom stereocenters. The smallest absolute Gasteiger partial charge is 0.475 e. The van der Waals surface area contributed by atoms with Crippen LogP contribution in [0.25, 0.3) is 11.3 Å². The number of halogens is 5. The molecule has 224 valence electrons. The third-order valence-corrected chi connectivity index (χ3v) is 6.84. The maximum absolute atomic E-state index is 13.9. The number of hydrogen-bond acceptors (Lipinski definition) is 7. The average molecular weight is 595 g/mol. The first-order valence-corrected chi connectivity index (χ1v) is 12.9. The predicted molar refractivity (Wildman–Crippen MR) is 139 cm³/mol. The first-order valence-electron chi connectivity index (χ1n) is 12.9. The van der Waals surface area contributed by atoms with Crippen molar-refractivity contribution in [1.82, 2.24) is 15.4 Å². The molecule has 1 unspecified atom stereocenters. The van der Waals surface area contributed by atoms with E-state index < -0.39 is 35.3 Å². The van der Waals surface area contributed by atoms with Gasteiger partial charge in [0.15, 0.2) is 23.0 Å². The van der Waals surface area contributed by atoms with Crippen molar-refractivity contribution >= 4 is 17.6 Å². The number of hydrogen-bond donors (Lipinski definition) is 2. The summed E-state index contributed by atoms with van der Waals surface area (Å²) < 4.78 is 64.7. The van der Waals surface area contributed by atoms with Gasteiger partial charge in [-0.3, -0.25) is 9.69 Å². The van der Waals surface area contributed by atoms with Gasteiger partial charge in [-0.25, -0.2) is 13.6 Å². The number of benzene rings is 2. The number of oxime groups is 1. The van der Waals surface area contributed by atoms with Crippen LogP contribution in [-0.4, -0.2) is 57.6 Å². The van der Waals surface area contributed by atoms with E-state index in [4.69, 9.17) is 19.3 Å². The first kappa shape index (κ1) is 30.6. The lowest BCUT2D eigenvalue weighted by Gasteiger charge is -2.38. The van der Waals surface area contributed by atoms with Crippen LogP contribution in [0.1, 0.15) is 36.1 Å². The van der Waals surface area contributed by atoms with Crippen LogP contribution in [0.15, 0.2) is 58.2 Å². The molecule has 1 saturated heterocycles. The van der Waals surface area contributed by atoms with E-state index in [1.54, 1.807) is 0 Å². The molecular weight excluding hydrogens is 567 g/mol. The molecule has 0 aliphatic carbocycles. The number of carbonyl (C=O) groups excluding carboxylic acids is 1. The fraction of sp³-hybridized carbons (Fsp3) is 0.357. The molecule has 14 heteroatoms. The van der Waals surface area contributed by atoms with Crippen LogP contribution in [0.2, 0.25) is 0 Å². The van der Waals surface area contributed by atoms with E-state index in [1.807, 2.05) is 37.3 Å². The zero-order valence-electron chi connectivity index (χ0n) is 22.4. The van der Waals surface area contributed by atoms with Crippen LogP contribution in [0.4, 0.5) is 22.0 Å². The Morgan fingerprint density at radius 2 is 1.83 bits per heavy atom. The molecule has 1 fully saturated rings. The number of carboxylic acids is 1. The fourth-order valence-electron chi connectivity index (χ4n) is 4.76. The van der Waals surface area contributed by atoms with Crippen molar-refractivity contribution in [3.8, 4) is 11.3 Å². The monoisotopic (exact) mass is 594 g/mol. The lowest BCUT2D eigenvalue weighted by atomic mass is 9.87. The summed E-state index contributed by atoms with van der Waals surface area (Å²) in [5.74, 6) is -4.35. The second-order valence-electron chi connectivity index (χ2n) is 9.94. The second-order valence-corrected chi connectivity index (χ2v) is 9.94. The van der Waals surface area contributed by atoms with Gasteiger partial charge in [0.2, 0.25) is 0 Å². The van der Waals surface area contributed by atoms with Crippen molar-refractivity contribution in [3.05, 3.63) is 77.0 Å². The van der Waals surface area contributed by atoms with Gasteiger partial charge in [-0.1, -0.05) is 52.8 Å². The minimum Gasteiger partial charge on any atom is -0.475 e. The minimum absolute atomic E-state index is 0.0785. The van der Waals surface area contributed by atoms with Crippen LogP contribution in [0, 0.1) is 18.6 Å². The van der Waals surface area contributed by atoms with Gasteiger partial charge in [-0.15, -0.1) is 0 Å². The number of aliphatic carboxylic acids is 1. The van der Waals surface area contributed by atoms with Gasteiger partial charge in [0.05, 0.1) is 5.69 Å². The van der Waals surface area contributed by atoms with Crippen molar-refractivity contribution < 1.29 is 46.0 Å². The van der Waals surface area contributed by atoms with Crippen molar-refractivity contribution in [2.24, 2.45) is 5.16 Å². The summed E-state index contributed by atoms with van der Waals surface area (Å²) in [5, 5.41) is 18.0. The summed E-state index contributed by atoms with van der Waals surface area (Å²) in [6.07, 6.45) is -3.06. The zero-order chi connectivity index (χ0) is 30.5. The number of carbonyl (C=O) groups is 2. The number of amides is 1. The minimum atomic E-state index is -5.08. The third-order valence-electron chi connectivity index (χ3n) is 6.84. The standard InChI is InChI=1S/C26H26F2N4O3.C2HF3O2/c1-17-20(24(34-30-17)18-7-3-2-4-8-18)15-32-12-6-11-26(16-32)13-22(31-35-26)25(33)29-14-19-9-5-10-21(27)23(19)28;3-2(4,5)1(6)7/h2-5,7-10H,6,11-16H2,1H3,(H,29,33);(H,6,7). The molecule has 1 amide bonds. The SMILES string of the molecule is Cc1noc(-c2ccccc2)c1CN1CCCC2(CC(C(=O)NCc3cccc(F)c3F)=NO2)C1.O=C(O)C(F)(F)F. The van der Waals surface area contributed by atoms with E-state index in [-0.39, 0.29) is 17.8 Å². The lowest BCUT2D eigenvalue weighted by Crippen LogP contribution is -2.48. The lowest BCUT2D eigenvalue weighted by molar-refractivity contribution is -0.192. The Morgan fingerprint density at radius 3 is 2.52 bits per heavy atom. The molecule has 0 saturated carbocycles. The van der Waals surface area contributed by atoms with Crippen LogP contribution < -0.4 is 5.32 Å². The Morgan fingerprint density at radius 1 is 1.12 bits per heavy atom. The number of carboxylic acid groups (broad SMARTS) is 1. The van der Waals surface area contributed by atoms with Gasteiger partial charge in [-0.2, -0.15) is 13.2 Å². The maximum Gasteiger partial charge on any atom is 0.490 e. The first-order chi connectivity index (χ1) is 19.9. The molecule has 2 aliphatic rings. The van der Waals surface area contributed by atoms with E-state index >= 15 is 0 Å². The molecule has 0 bridgehead atoms. The number of rotatable bonds is 6. The number of alkyl halides is 3. The van der Waals surface area contributed by atoms with Crippen LogP contribution in [0.3, 0.4) is 0 Å². The highest BCUT2D eigenvalue weighted by molar-refractivity contribution is 6.39. The topological polar surface area (TPSA) is 117 Å². The molecule has 2 aliphatic heterocycles. The quantitative estimate of drug-likeness (QED) is 0.387. The molecule has 2 aromatic carbocycles. The zero-order valence-corrected chi connectivity index (χ0v) is 22.4. The fourth-order valence-corrected chi connectivity index (χ4v) is 4.76. The molecule has 9 nitrogen and oxygen atoms in total. The highest BCUT2D eigenvalue weighted by atomic mass is 19.4. The Kier molecular flexibility index (Phi) is 9.24. The largest absolute Gasteiger partial charge is 0.490 e. The molecule has 5 rings (SSSR count). The molecule has 3 aromatic rings. The average Bonchev–Trinajstić information content (AvgIpc) is 3.53. The van der Waals surface area contributed by atoms with Gasteiger partial charge >= 0.3 is 12.1 Å². The Labute approximate surface area is 236 Å². The summed E-state index contributed by atoms with van der Waals surface area (Å²) in [7, 11) is 0. The summed E-state index contributed by atoms with van der Waals surface area (Å²) >= 11 is 0. The van der Waals surface area contributed by atoms with Gasteiger partial charge in [0.25, 0.3) is 5.91 Å². The van der Waals surface area contributed by atoms with Crippen molar-refractivity contribution in [2.45, 2.75) is 51.1 Å². The number of piperidine rings is 1. The Bertz CT molecular complexity index is 1460. The third kappa shape index (κ3) is 7.29. The Balaban J connectivity index is 0.000000517. The van der Waals surface area contributed by atoms with E-state index in [0.29, 0.717) is 19.5 Å². The summed E-state index contributed by atoms with van der Waals surface area (Å²) in [6.45, 7) is 3.93. The molecule has 0 radical (unpaired) electrons. The van der Waals surface area contributed by atoms with Crippen molar-refractivity contribution in [2.75, 3.05) is 13.1 Å². The van der Waals surface area contributed by atoms with E-state index in [1.165, 1.54) is 12.1 Å². The van der Waals surface area contributed by atoms with Gasteiger partial charge in [-0.05, 0) is 32.4 Å². The molecular formula is C28H27F5N4O5. The number of likely N-dealkylation sites (tertiary alicyclic amines) is 1. The predicted octanol–water partition coefficient (Wildman–Crippen LogP) is 4.99. The van der Waals surface area contributed by atoms with Gasteiger partial charge in [0.1, 0.15) is 5.71 Å². The highest BCUT2D eigenvalue weighted by Gasteiger charge is 2.44. The number of aromatic nitrogens is 1. The van der Waals surface area contributed by atoms with E-state index in [9.17, 15) is 26.7 Å². The summed E-state index contributed by atoms with van der Waals surface area (Å²) in [4.78, 5) is 29.6. The molecule has 3 heterocycles. The van der Waals surface area contributed by atoms with E-state index in [2.05, 4.69) is 20.5 Å². The summed E-state index contributed by atoms with van der Waals surface area (Å²) in [6, 6.07) is 13.8. The summed E-state index contributed by atoms with van der Waals surface area (Å²) in [5.41, 5.74) is 2.60. The Hall–Kier alpha value is -4.33. The normalized spacial score (nSPS) is 18.6. The van der Waals surface area contributed by atoms with Crippen LogP contribution >= 0.6 is 0 Å². The number of aryl methyl sites for hydroxylation is 1. The van der Waals surface area contributed by atoms with E-state index in [0.717, 1.165) is 48.0 Å². The number of nitrogens with one attached hydrogen (secondary N) is 1. The van der Waals surface area contributed by atoms with Crippen LogP contribution in [-0.2, 0) is 27.5 Å². The number of nitrogens with zero attached hydrogens (tertiary/aromatic N) is 3. The highest BCUT2D eigenvalue weighted by Crippen LogP contribution is 2.35.